The number of ether oxygens (including phenoxy) is 1. The summed E-state index contributed by atoms with van der Waals surface area (Å²) in [6.45, 7) is 0.825. The molecular weight excluding hydrogens is 466 g/mol. The number of carbonyl (C=O) groups is 2. The zero-order chi connectivity index (χ0) is 23.2. The fraction of sp³-hybridized carbons (Fsp3) is 0.400. The molecule has 1 aliphatic rings. The maximum absolute atomic E-state index is 12.6. The number of hydrogen-bond acceptors (Lipinski definition) is 9. The van der Waals surface area contributed by atoms with Gasteiger partial charge in [0.25, 0.3) is 0 Å². The first-order valence-corrected chi connectivity index (χ1v) is 12.1. The number of imidazole rings is 1. The van der Waals surface area contributed by atoms with Crippen LogP contribution in [0.1, 0.15) is 18.4 Å². The van der Waals surface area contributed by atoms with Crippen molar-refractivity contribution in [2.24, 2.45) is 7.05 Å². The SMILES string of the molecule is Cn1ccnc1SCc1ccc(OC(=O)N2CCC(Sc3nnnn3CC(=O)O)CC2)cc1. The lowest BCUT2D eigenvalue weighted by Crippen LogP contribution is -2.41. The molecule has 11 nitrogen and oxygen atoms in total. The highest BCUT2D eigenvalue weighted by atomic mass is 32.2. The Balaban J connectivity index is 1.22. The molecule has 1 fully saturated rings. The smallest absolute Gasteiger partial charge is 0.415 e. The standard InChI is InChI=1S/C20H23N7O4S2/c1-25-11-8-21-18(25)32-13-14-2-4-15(5-3-14)31-20(30)26-9-6-16(7-10-26)33-19-22-23-24-27(19)12-17(28)29/h2-5,8,11,16H,6-7,9-10,12-13H2,1H3,(H,28,29). The van der Waals surface area contributed by atoms with Crippen LogP contribution in [0.2, 0.25) is 0 Å². The zero-order valence-corrected chi connectivity index (χ0v) is 19.5. The number of carbonyl (C=O) groups excluding carboxylic acids is 1. The number of hydrogen-bond donors (Lipinski definition) is 1. The van der Waals surface area contributed by atoms with E-state index in [0.717, 1.165) is 29.3 Å². The third-order valence-electron chi connectivity index (χ3n) is 5.03. The second-order valence-electron chi connectivity index (χ2n) is 7.44. The second kappa shape index (κ2) is 10.7. The number of carboxylic acids is 1. The molecule has 1 saturated heterocycles. The van der Waals surface area contributed by atoms with Crippen molar-refractivity contribution in [1.29, 1.82) is 0 Å². The summed E-state index contributed by atoms with van der Waals surface area (Å²) in [6, 6.07) is 7.50. The van der Waals surface area contributed by atoms with Crippen LogP contribution in [0.5, 0.6) is 5.75 Å². The van der Waals surface area contributed by atoms with Crippen LogP contribution in [0.25, 0.3) is 0 Å². The van der Waals surface area contributed by atoms with E-state index in [9.17, 15) is 9.59 Å². The number of piperidine rings is 1. The number of thioether (sulfide) groups is 2. The van der Waals surface area contributed by atoms with Crippen molar-refractivity contribution in [3.05, 3.63) is 42.2 Å². The monoisotopic (exact) mass is 489 g/mol. The molecule has 0 bridgehead atoms. The third-order valence-corrected chi connectivity index (χ3v) is 7.47. The van der Waals surface area contributed by atoms with Gasteiger partial charge in [0, 0.05) is 43.5 Å². The lowest BCUT2D eigenvalue weighted by atomic mass is 10.1. The van der Waals surface area contributed by atoms with Gasteiger partial charge in [-0.25, -0.2) is 14.5 Å². The average Bonchev–Trinajstić information content (AvgIpc) is 3.41. The van der Waals surface area contributed by atoms with Crippen molar-refractivity contribution in [2.75, 3.05) is 13.1 Å². The number of carboxylic acid groups (broad SMARTS) is 1. The molecule has 0 spiro atoms. The summed E-state index contributed by atoms with van der Waals surface area (Å²) in [5.74, 6) is 0.289. The molecule has 3 heterocycles. The van der Waals surface area contributed by atoms with E-state index in [2.05, 4.69) is 20.5 Å². The lowest BCUT2D eigenvalue weighted by Gasteiger charge is -2.30. The molecule has 0 atom stereocenters. The summed E-state index contributed by atoms with van der Waals surface area (Å²) in [5.41, 5.74) is 1.12. The van der Waals surface area contributed by atoms with Gasteiger partial charge < -0.3 is 19.3 Å². The van der Waals surface area contributed by atoms with Gasteiger partial charge in [0.15, 0.2) is 5.16 Å². The Morgan fingerprint density at radius 1 is 1.18 bits per heavy atom. The van der Waals surface area contributed by atoms with E-state index < -0.39 is 5.97 Å². The van der Waals surface area contributed by atoms with Gasteiger partial charge in [0.2, 0.25) is 5.16 Å². The predicted molar refractivity (Wildman–Crippen MR) is 121 cm³/mol. The molecule has 0 aliphatic carbocycles. The Hall–Kier alpha value is -3.06. The van der Waals surface area contributed by atoms with Gasteiger partial charge in [-0.2, -0.15) is 0 Å². The molecule has 13 heteroatoms. The quantitative estimate of drug-likeness (QED) is 0.471. The molecule has 2 aromatic heterocycles. The van der Waals surface area contributed by atoms with Crippen LogP contribution in [-0.2, 0) is 24.1 Å². The minimum atomic E-state index is -0.998. The van der Waals surface area contributed by atoms with E-state index in [0.29, 0.717) is 24.0 Å². The normalized spacial score (nSPS) is 14.4. The molecule has 4 rings (SSSR count). The Morgan fingerprint density at radius 3 is 2.61 bits per heavy atom. The Bertz CT molecular complexity index is 1090. The van der Waals surface area contributed by atoms with Crippen molar-refractivity contribution >= 4 is 35.6 Å². The van der Waals surface area contributed by atoms with Crippen LogP contribution in [-0.4, -0.2) is 70.2 Å². The highest BCUT2D eigenvalue weighted by Crippen LogP contribution is 2.29. The van der Waals surface area contributed by atoms with E-state index in [4.69, 9.17) is 9.84 Å². The van der Waals surface area contributed by atoms with Gasteiger partial charge in [0.05, 0.1) is 0 Å². The molecule has 1 aromatic carbocycles. The predicted octanol–water partition coefficient (Wildman–Crippen LogP) is 2.54. The Labute approximate surface area is 198 Å². The van der Waals surface area contributed by atoms with Crippen LogP contribution in [0.3, 0.4) is 0 Å². The summed E-state index contributed by atoms with van der Waals surface area (Å²) in [7, 11) is 1.96. The molecule has 0 radical (unpaired) electrons. The van der Waals surface area contributed by atoms with Gasteiger partial charge in [-0.15, -0.1) is 5.10 Å². The number of aromatic nitrogens is 6. The van der Waals surface area contributed by atoms with Crippen molar-refractivity contribution in [1.82, 2.24) is 34.7 Å². The molecule has 0 unspecified atom stereocenters. The van der Waals surface area contributed by atoms with E-state index in [1.165, 1.54) is 16.4 Å². The van der Waals surface area contributed by atoms with E-state index in [1.54, 1.807) is 35.0 Å². The average molecular weight is 490 g/mol. The summed E-state index contributed by atoms with van der Waals surface area (Å²) >= 11 is 3.09. The Kier molecular flexibility index (Phi) is 7.50. The first kappa shape index (κ1) is 23.1. The van der Waals surface area contributed by atoms with Crippen LogP contribution < -0.4 is 4.74 Å². The number of likely N-dealkylation sites (tertiary alicyclic amines) is 1. The van der Waals surface area contributed by atoms with Crippen molar-refractivity contribution < 1.29 is 19.4 Å². The number of amides is 1. The largest absolute Gasteiger partial charge is 0.480 e. The molecule has 1 amide bonds. The van der Waals surface area contributed by atoms with Crippen LogP contribution in [0.15, 0.2) is 47.0 Å². The minimum absolute atomic E-state index is 0.197. The lowest BCUT2D eigenvalue weighted by molar-refractivity contribution is -0.138. The number of tetrazole rings is 1. The number of aliphatic carboxylic acids is 1. The molecule has 1 N–H and O–H groups in total. The molecule has 1 aliphatic heterocycles. The third kappa shape index (κ3) is 6.26. The van der Waals surface area contributed by atoms with Gasteiger partial charge in [0.1, 0.15) is 12.3 Å². The summed E-state index contributed by atoms with van der Waals surface area (Å²) < 4.78 is 8.78. The van der Waals surface area contributed by atoms with E-state index in [-0.39, 0.29) is 17.9 Å². The number of benzene rings is 1. The Morgan fingerprint density at radius 2 is 1.94 bits per heavy atom. The van der Waals surface area contributed by atoms with Crippen molar-refractivity contribution in [3.8, 4) is 5.75 Å². The minimum Gasteiger partial charge on any atom is -0.480 e. The molecule has 33 heavy (non-hydrogen) atoms. The van der Waals surface area contributed by atoms with E-state index in [1.807, 2.05) is 29.9 Å². The number of rotatable bonds is 8. The summed E-state index contributed by atoms with van der Waals surface area (Å²) in [5, 5.41) is 21.7. The maximum Gasteiger partial charge on any atom is 0.415 e. The highest BCUT2D eigenvalue weighted by Gasteiger charge is 2.26. The highest BCUT2D eigenvalue weighted by molar-refractivity contribution is 7.99. The summed E-state index contributed by atoms with van der Waals surface area (Å²) in [6.07, 6.45) is 4.79. The molecule has 0 saturated carbocycles. The van der Waals surface area contributed by atoms with Crippen molar-refractivity contribution in [3.63, 3.8) is 0 Å². The fourth-order valence-corrected chi connectivity index (χ4v) is 5.21. The van der Waals surface area contributed by atoms with Gasteiger partial charge >= 0.3 is 12.1 Å². The first-order chi connectivity index (χ1) is 16.0. The number of nitrogens with zero attached hydrogens (tertiary/aromatic N) is 7. The van der Waals surface area contributed by atoms with Gasteiger partial charge in [-0.1, -0.05) is 35.7 Å². The first-order valence-electron chi connectivity index (χ1n) is 10.3. The van der Waals surface area contributed by atoms with Crippen LogP contribution in [0.4, 0.5) is 4.79 Å². The molecular formula is C20H23N7O4S2. The fourth-order valence-electron chi connectivity index (χ4n) is 3.27. The van der Waals surface area contributed by atoms with Gasteiger partial charge in [-0.05, 0) is 41.0 Å². The topological polar surface area (TPSA) is 128 Å². The molecule has 3 aromatic rings. The maximum atomic E-state index is 12.6. The van der Waals surface area contributed by atoms with Gasteiger partial charge in [-0.3, -0.25) is 4.79 Å². The zero-order valence-electron chi connectivity index (χ0n) is 17.9. The number of aryl methyl sites for hydroxylation is 1. The van der Waals surface area contributed by atoms with Crippen LogP contribution in [0, 0.1) is 0 Å². The summed E-state index contributed by atoms with van der Waals surface area (Å²) in [4.78, 5) is 29.4. The van der Waals surface area contributed by atoms with Crippen molar-refractivity contribution in [2.45, 2.75) is 40.7 Å². The van der Waals surface area contributed by atoms with E-state index >= 15 is 0 Å². The van der Waals surface area contributed by atoms with Crippen LogP contribution >= 0.6 is 23.5 Å². The molecule has 174 valence electrons. The second-order valence-corrected chi connectivity index (χ2v) is 9.65.